The number of unbranched alkanes of at least 4 members (excludes halogenated alkanes) is 11. The van der Waals surface area contributed by atoms with E-state index in [4.69, 9.17) is 4.18 Å². The Morgan fingerprint density at radius 2 is 1.35 bits per heavy atom. The SMILES string of the molecule is CCCCCCCC/C=C\CCCCCCCC(=O)NCCC(OS(=O)(=O)[O-])C(CC)CC.[NH4+]. The smallest absolute Gasteiger partial charge is 0.219 e. The van der Waals surface area contributed by atoms with E-state index in [1.807, 2.05) is 13.8 Å². The van der Waals surface area contributed by atoms with Gasteiger partial charge in [0.05, 0.1) is 6.10 Å². The van der Waals surface area contributed by atoms with Crippen LogP contribution in [-0.2, 0) is 19.4 Å². The Hall–Kier alpha value is -0.960. The maximum atomic E-state index is 12.0. The molecule has 1 unspecified atom stereocenters. The molecule has 5 N–H and O–H groups in total. The summed E-state index contributed by atoms with van der Waals surface area (Å²) in [5.74, 6) is -0.0445. The van der Waals surface area contributed by atoms with Gasteiger partial charge in [-0.3, -0.25) is 8.98 Å². The lowest BCUT2D eigenvalue weighted by molar-refractivity contribution is -0.121. The second-order valence-corrected chi connectivity index (χ2v) is 10.1. The number of hydrogen-bond donors (Lipinski definition) is 2. The number of carbonyl (C=O) groups is 1. The van der Waals surface area contributed by atoms with Crippen LogP contribution in [0.25, 0.3) is 0 Å². The number of rotatable bonds is 23. The molecule has 0 bridgehead atoms. The number of allylic oxidation sites excluding steroid dienone is 2. The zero-order valence-electron chi connectivity index (χ0n) is 22.5. The van der Waals surface area contributed by atoms with Gasteiger partial charge in [0, 0.05) is 13.0 Å². The van der Waals surface area contributed by atoms with Gasteiger partial charge < -0.3 is 16.0 Å². The highest BCUT2D eigenvalue weighted by Gasteiger charge is 2.21. The van der Waals surface area contributed by atoms with Crippen molar-refractivity contribution in [2.75, 3.05) is 6.54 Å². The third-order valence-corrected chi connectivity index (χ3v) is 6.72. The van der Waals surface area contributed by atoms with Crippen molar-refractivity contribution in [2.24, 2.45) is 5.92 Å². The first-order chi connectivity index (χ1) is 15.8. The van der Waals surface area contributed by atoms with E-state index in [0.29, 0.717) is 19.4 Å². The van der Waals surface area contributed by atoms with Crippen LogP contribution in [0.3, 0.4) is 0 Å². The second-order valence-electron chi connectivity index (χ2n) is 9.09. The topological polar surface area (TPSA) is 132 Å². The van der Waals surface area contributed by atoms with Crippen molar-refractivity contribution >= 4 is 16.3 Å². The zero-order chi connectivity index (χ0) is 24.8. The summed E-state index contributed by atoms with van der Waals surface area (Å²) in [5, 5.41) is 2.83. The number of hydrogen-bond acceptors (Lipinski definition) is 5. The molecule has 204 valence electrons. The lowest BCUT2D eigenvalue weighted by atomic mass is 9.94. The summed E-state index contributed by atoms with van der Waals surface area (Å²) in [7, 11) is -4.74. The van der Waals surface area contributed by atoms with Crippen LogP contribution in [0, 0.1) is 5.92 Å². The predicted octanol–water partition coefficient (Wildman–Crippen LogP) is 7.19. The van der Waals surface area contributed by atoms with E-state index in [2.05, 4.69) is 24.4 Å². The van der Waals surface area contributed by atoms with Gasteiger partial charge in [-0.2, -0.15) is 0 Å². The van der Waals surface area contributed by atoms with Gasteiger partial charge in [-0.15, -0.1) is 0 Å². The normalized spacial score (nSPS) is 12.7. The van der Waals surface area contributed by atoms with E-state index in [9.17, 15) is 17.8 Å². The molecule has 0 rings (SSSR count). The zero-order valence-corrected chi connectivity index (χ0v) is 23.3. The maximum absolute atomic E-state index is 12.0. The fourth-order valence-electron chi connectivity index (χ4n) is 4.13. The van der Waals surface area contributed by atoms with Gasteiger partial charge in [0.25, 0.3) is 0 Å². The molecule has 0 saturated heterocycles. The Labute approximate surface area is 210 Å². The summed E-state index contributed by atoms with van der Waals surface area (Å²) < 4.78 is 37.6. The molecular formula is C26H54N2O5S. The van der Waals surface area contributed by atoms with E-state index in [1.165, 1.54) is 57.8 Å². The van der Waals surface area contributed by atoms with Crippen LogP contribution in [0.2, 0.25) is 0 Å². The molecule has 0 fully saturated rings. The van der Waals surface area contributed by atoms with Gasteiger partial charge in [-0.1, -0.05) is 97.1 Å². The highest BCUT2D eigenvalue weighted by molar-refractivity contribution is 7.80. The summed E-state index contributed by atoms with van der Waals surface area (Å²) in [6.45, 7) is 6.45. The van der Waals surface area contributed by atoms with Crippen molar-refractivity contribution in [1.29, 1.82) is 0 Å². The van der Waals surface area contributed by atoms with E-state index in [0.717, 1.165) is 38.5 Å². The number of nitrogens with one attached hydrogen (secondary N) is 1. The Balaban J connectivity index is 0. The average molecular weight is 507 g/mol. The van der Waals surface area contributed by atoms with Gasteiger partial charge >= 0.3 is 0 Å². The molecule has 7 nitrogen and oxygen atoms in total. The highest BCUT2D eigenvalue weighted by Crippen LogP contribution is 2.20. The molecule has 0 radical (unpaired) electrons. The maximum Gasteiger partial charge on any atom is 0.219 e. The summed E-state index contributed by atoms with van der Waals surface area (Å²) >= 11 is 0. The highest BCUT2D eigenvalue weighted by atomic mass is 32.3. The van der Waals surface area contributed by atoms with E-state index >= 15 is 0 Å². The van der Waals surface area contributed by atoms with Crippen LogP contribution in [0.5, 0.6) is 0 Å². The minimum Gasteiger partial charge on any atom is -0.726 e. The average Bonchev–Trinajstić information content (AvgIpc) is 2.76. The summed E-state index contributed by atoms with van der Waals surface area (Å²) in [6.07, 6.45) is 22.1. The fraction of sp³-hybridized carbons (Fsp3) is 0.885. The quantitative estimate of drug-likeness (QED) is 0.0655. The molecule has 0 aliphatic rings. The fourth-order valence-corrected chi connectivity index (χ4v) is 4.68. The summed E-state index contributed by atoms with van der Waals surface area (Å²) in [6, 6.07) is 0. The van der Waals surface area contributed by atoms with Gasteiger partial charge in [0.15, 0.2) is 0 Å². The second kappa shape index (κ2) is 23.8. The predicted molar refractivity (Wildman–Crippen MR) is 142 cm³/mol. The van der Waals surface area contributed by atoms with Crippen LogP contribution in [0.15, 0.2) is 12.2 Å². The molecule has 8 heteroatoms. The summed E-state index contributed by atoms with van der Waals surface area (Å²) in [4.78, 5) is 12.0. The third-order valence-electron chi connectivity index (χ3n) is 6.23. The largest absolute Gasteiger partial charge is 0.726 e. The van der Waals surface area contributed by atoms with Crippen molar-refractivity contribution in [3.8, 4) is 0 Å². The van der Waals surface area contributed by atoms with Crippen LogP contribution in [-0.4, -0.2) is 31.5 Å². The molecule has 1 amide bonds. The van der Waals surface area contributed by atoms with Crippen molar-refractivity contribution in [2.45, 2.75) is 136 Å². The first-order valence-electron chi connectivity index (χ1n) is 13.4. The van der Waals surface area contributed by atoms with Crippen molar-refractivity contribution in [3.05, 3.63) is 12.2 Å². The molecule has 0 aliphatic heterocycles. The van der Waals surface area contributed by atoms with E-state index in [-0.39, 0.29) is 18.0 Å². The van der Waals surface area contributed by atoms with Crippen LogP contribution >= 0.6 is 0 Å². The minimum absolute atomic E-state index is 0. The van der Waals surface area contributed by atoms with Crippen LogP contribution in [0.1, 0.15) is 130 Å². The van der Waals surface area contributed by atoms with Crippen molar-refractivity contribution in [3.63, 3.8) is 0 Å². The van der Waals surface area contributed by atoms with Crippen LogP contribution < -0.4 is 11.5 Å². The van der Waals surface area contributed by atoms with E-state index in [1.54, 1.807) is 0 Å². The first kappa shape index (κ1) is 35.2. The molecule has 0 heterocycles. The molecule has 1 atom stereocenters. The Bertz CT molecular complexity index is 592. The number of amides is 1. The van der Waals surface area contributed by atoms with Gasteiger partial charge in [-0.25, -0.2) is 8.42 Å². The Kier molecular flexibility index (Phi) is 24.6. The Morgan fingerprint density at radius 3 is 1.85 bits per heavy atom. The van der Waals surface area contributed by atoms with Crippen LogP contribution in [0.4, 0.5) is 0 Å². The lowest BCUT2D eigenvalue weighted by Crippen LogP contribution is -2.32. The molecule has 34 heavy (non-hydrogen) atoms. The molecular weight excluding hydrogens is 452 g/mol. The third kappa shape index (κ3) is 22.8. The first-order valence-corrected chi connectivity index (χ1v) is 14.7. The van der Waals surface area contributed by atoms with Crippen molar-refractivity contribution < 1.29 is 21.9 Å². The Morgan fingerprint density at radius 1 is 0.853 bits per heavy atom. The van der Waals surface area contributed by atoms with Crippen molar-refractivity contribution in [1.82, 2.24) is 11.5 Å². The standard InChI is InChI=1S/C26H51NO5S.H3N/c1-4-7-8-9-10-11-12-13-14-15-16-17-18-19-20-21-26(28)27-23-22-25(24(5-2)6-3)32-33(29,30)31;/h13-14,24-25H,4-12,15-23H2,1-3H3,(H,27,28)(H,29,30,31);1H3/b14-13-;. The number of quaternary nitrogens is 1. The van der Waals surface area contributed by atoms with E-state index < -0.39 is 16.5 Å². The lowest BCUT2D eigenvalue weighted by Gasteiger charge is -2.26. The van der Waals surface area contributed by atoms with Gasteiger partial charge in [0.2, 0.25) is 16.3 Å². The summed E-state index contributed by atoms with van der Waals surface area (Å²) in [5.41, 5.74) is 0. The molecule has 0 saturated carbocycles. The van der Waals surface area contributed by atoms with Gasteiger partial charge in [-0.05, 0) is 44.4 Å². The molecule has 0 aromatic heterocycles. The molecule has 0 aliphatic carbocycles. The number of carbonyl (C=O) groups excluding carboxylic acids is 1. The van der Waals surface area contributed by atoms with Gasteiger partial charge in [0.1, 0.15) is 0 Å². The minimum atomic E-state index is -4.74. The molecule has 0 aromatic rings. The molecule has 0 spiro atoms. The monoisotopic (exact) mass is 506 g/mol. The molecule has 0 aromatic carbocycles.